The summed E-state index contributed by atoms with van der Waals surface area (Å²) >= 11 is 0. The van der Waals surface area contributed by atoms with E-state index >= 15 is 0 Å². The number of carbonyl (C=O) groups excluding carboxylic acids is 1. The molecule has 0 fully saturated rings. The Morgan fingerprint density at radius 1 is 0.393 bits per heavy atom. The Morgan fingerprint density at radius 2 is 0.786 bits per heavy atom. The van der Waals surface area contributed by atoms with E-state index < -0.39 is 0 Å². The largest absolute Gasteiger partial charge is 0.354 e. The van der Waals surface area contributed by atoms with E-state index in [9.17, 15) is 4.79 Å². The van der Waals surface area contributed by atoms with Gasteiger partial charge in [-0.2, -0.15) is 0 Å². The van der Waals surface area contributed by atoms with Crippen LogP contribution in [0, 0.1) is 0 Å². The topological polar surface area (TPSA) is 86.8 Å². The quantitative estimate of drug-likeness (QED) is 0.174. The molecule has 1 aliphatic carbocycles. The average molecular weight is 720 g/mol. The van der Waals surface area contributed by atoms with Gasteiger partial charge in [0.15, 0.2) is 5.78 Å². The maximum absolute atomic E-state index is 12.1. The summed E-state index contributed by atoms with van der Waals surface area (Å²) in [5, 5.41) is 0. The first kappa shape index (κ1) is 32.9. The molecule has 4 aromatic carbocycles. The van der Waals surface area contributed by atoms with Crippen molar-refractivity contribution in [3.8, 4) is 44.5 Å². The molecule has 3 aliphatic rings. The molecule has 6 heteroatoms. The zero-order valence-electron chi connectivity index (χ0n) is 30.1. The summed E-state index contributed by atoms with van der Waals surface area (Å²) in [6.45, 7) is 0. The van der Waals surface area contributed by atoms with Gasteiger partial charge < -0.3 is 9.97 Å². The van der Waals surface area contributed by atoms with Crippen LogP contribution in [0.2, 0.25) is 0 Å². The number of fused-ring (bicyclic) bond motifs is 8. The third-order valence-corrected chi connectivity index (χ3v) is 10.2. The van der Waals surface area contributed by atoms with Crippen molar-refractivity contribution in [3.63, 3.8) is 0 Å². The molecule has 0 unspecified atom stereocenters. The molecule has 0 saturated heterocycles. The van der Waals surface area contributed by atoms with E-state index in [1.54, 1.807) is 24.3 Å². The van der Waals surface area contributed by atoms with Crippen molar-refractivity contribution in [1.29, 1.82) is 0 Å². The predicted molar refractivity (Wildman–Crippen MR) is 231 cm³/mol. The van der Waals surface area contributed by atoms with Crippen LogP contribution in [-0.2, 0) is 4.79 Å². The monoisotopic (exact) mass is 719 g/mol. The first-order chi connectivity index (χ1) is 27.7. The Morgan fingerprint density at radius 3 is 1.23 bits per heavy atom. The Balaban J connectivity index is 1.43. The lowest BCUT2D eigenvalue weighted by Crippen LogP contribution is -1.98. The number of nitrogens with one attached hydrogen (secondary N) is 2. The van der Waals surface area contributed by atoms with Crippen molar-refractivity contribution in [2.75, 3.05) is 0 Å². The van der Waals surface area contributed by atoms with Gasteiger partial charge in [-0.25, -0.2) is 15.0 Å². The van der Waals surface area contributed by atoms with E-state index in [1.807, 2.05) is 48.5 Å². The molecular formula is C50H33N5O. The highest BCUT2D eigenvalue weighted by molar-refractivity contribution is 6.18. The van der Waals surface area contributed by atoms with Gasteiger partial charge in [-0.05, 0) is 89.1 Å². The molecule has 3 aromatic heterocycles. The van der Waals surface area contributed by atoms with Crippen molar-refractivity contribution < 1.29 is 4.79 Å². The molecule has 5 heterocycles. The molecule has 56 heavy (non-hydrogen) atoms. The van der Waals surface area contributed by atoms with Crippen LogP contribution < -0.4 is 0 Å². The number of nitrogens with zero attached hydrogens (tertiary/aromatic N) is 3. The number of aliphatic imine (C=N–C) groups is 1. The molecule has 8 bridgehead atoms. The predicted octanol–water partition coefficient (Wildman–Crippen LogP) is 12.1. The Kier molecular flexibility index (Phi) is 8.19. The molecule has 0 spiro atoms. The molecule has 0 radical (unpaired) electrons. The number of aromatic amines is 2. The second-order valence-corrected chi connectivity index (χ2v) is 13.7. The van der Waals surface area contributed by atoms with Crippen LogP contribution in [0.1, 0.15) is 22.8 Å². The van der Waals surface area contributed by atoms with Gasteiger partial charge in [0, 0.05) is 33.3 Å². The number of H-pyrrole nitrogens is 2. The normalized spacial score (nSPS) is 13.1. The van der Waals surface area contributed by atoms with Gasteiger partial charge in [-0.3, -0.25) is 4.79 Å². The zero-order chi connectivity index (χ0) is 37.4. The standard InChI is InChI=1S/C50H33N5O/c56-37-23-21-36(22-24-37)51-45-31-44-48(34-17-9-3-10-18-34)42-28-27-40(53-42)46(32-13-5-1-6-14-32)38-25-26-39(52-38)47(33-15-7-2-8-16-33)41-29-30-43(54-41)49(50(45)55-44)35-19-11-4-12-20-35/h1-31,52,55H. The second kappa shape index (κ2) is 13.9. The van der Waals surface area contributed by atoms with Crippen molar-refractivity contribution in [3.05, 3.63) is 187 Å². The summed E-state index contributed by atoms with van der Waals surface area (Å²) < 4.78 is 0. The fraction of sp³-hybridized carbons (Fsp3) is 0. The first-order valence-electron chi connectivity index (χ1n) is 18.6. The van der Waals surface area contributed by atoms with E-state index in [-0.39, 0.29) is 5.78 Å². The molecule has 0 amide bonds. The first-order valence-corrected chi connectivity index (χ1v) is 18.6. The van der Waals surface area contributed by atoms with E-state index in [0.29, 0.717) is 11.4 Å². The van der Waals surface area contributed by atoms with Gasteiger partial charge in [-0.15, -0.1) is 0 Å². The average Bonchev–Trinajstić information content (AvgIpc) is 4.08. The molecular weight excluding hydrogens is 687 g/mol. The van der Waals surface area contributed by atoms with E-state index in [0.717, 1.165) is 89.4 Å². The van der Waals surface area contributed by atoms with Crippen molar-refractivity contribution in [2.24, 2.45) is 4.99 Å². The lowest BCUT2D eigenvalue weighted by molar-refractivity contribution is -0.110. The van der Waals surface area contributed by atoms with Gasteiger partial charge >= 0.3 is 0 Å². The van der Waals surface area contributed by atoms with Gasteiger partial charge in [0.05, 0.1) is 45.2 Å². The molecule has 2 aliphatic heterocycles. The van der Waals surface area contributed by atoms with Crippen LogP contribution in [0.5, 0.6) is 0 Å². The molecule has 7 aromatic rings. The van der Waals surface area contributed by atoms with Gasteiger partial charge in [0.2, 0.25) is 0 Å². The lowest BCUT2D eigenvalue weighted by Gasteiger charge is -2.07. The molecule has 6 nitrogen and oxygen atoms in total. The fourth-order valence-electron chi connectivity index (χ4n) is 7.65. The minimum atomic E-state index is -0.0645. The minimum absolute atomic E-state index is 0.0645. The van der Waals surface area contributed by atoms with Crippen LogP contribution in [-0.4, -0.2) is 31.4 Å². The SMILES string of the molecule is O=C1C=CC(=Nc2cc3[nH]c2c(-c2ccccc2)c2nc(c(-c4ccccc4)c4ccc([nH]4)c(-c4ccccc4)c4nc(c3-c3ccccc3)C=C4)C=C2)C=C1. The van der Waals surface area contributed by atoms with Crippen molar-refractivity contribution >= 4 is 63.6 Å². The summed E-state index contributed by atoms with van der Waals surface area (Å²) in [6, 6.07) is 47.8. The van der Waals surface area contributed by atoms with Crippen molar-refractivity contribution in [2.45, 2.75) is 0 Å². The Hall–Kier alpha value is -7.70. The van der Waals surface area contributed by atoms with Crippen LogP contribution >= 0.6 is 0 Å². The maximum Gasteiger partial charge on any atom is 0.178 e. The summed E-state index contributed by atoms with van der Waals surface area (Å²) in [5.41, 5.74) is 16.1. The number of aromatic nitrogens is 4. The molecule has 264 valence electrons. The highest BCUT2D eigenvalue weighted by Gasteiger charge is 2.20. The van der Waals surface area contributed by atoms with E-state index in [4.69, 9.17) is 15.0 Å². The molecule has 0 atom stereocenters. The van der Waals surface area contributed by atoms with Crippen LogP contribution in [0.25, 0.3) is 90.9 Å². The Bertz CT molecular complexity index is 2980. The van der Waals surface area contributed by atoms with Crippen LogP contribution in [0.3, 0.4) is 0 Å². The fourth-order valence-corrected chi connectivity index (χ4v) is 7.65. The number of hydrogen-bond donors (Lipinski definition) is 2. The third-order valence-electron chi connectivity index (χ3n) is 10.2. The van der Waals surface area contributed by atoms with Crippen LogP contribution in [0.4, 0.5) is 5.69 Å². The second-order valence-electron chi connectivity index (χ2n) is 13.7. The summed E-state index contributed by atoms with van der Waals surface area (Å²) in [4.78, 5) is 35.8. The zero-order valence-corrected chi connectivity index (χ0v) is 30.1. The lowest BCUT2D eigenvalue weighted by atomic mass is 10.0. The number of allylic oxidation sites excluding steroid dienone is 4. The maximum atomic E-state index is 12.1. The highest BCUT2D eigenvalue weighted by Crippen LogP contribution is 2.41. The van der Waals surface area contributed by atoms with E-state index in [2.05, 4.69) is 125 Å². The van der Waals surface area contributed by atoms with Gasteiger partial charge in [0.1, 0.15) is 0 Å². The summed E-state index contributed by atoms with van der Waals surface area (Å²) in [7, 11) is 0. The minimum Gasteiger partial charge on any atom is -0.354 e. The van der Waals surface area contributed by atoms with Gasteiger partial charge in [-0.1, -0.05) is 121 Å². The van der Waals surface area contributed by atoms with Gasteiger partial charge in [0.25, 0.3) is 0 Å². The molecule has 0 saturated carbocycles. The van der Waals surface area contributed by atoms with Crippen molar-refractivity contribution in [1.82, 2.24) is 19.9 Å². The Labute approximate surface area is 323 Å². The van der Waals surface area contributed by atoms with Crippen LogP contribution in [0.15, 0.2) is 169 Å². The number of ketones is 1. The number of benzene rings is 4. The molecule has 10 rings (SSSR count). The highest BCUT2D eigenvalue weighted by atomic mass is 16.1. The number of carbonyl (C=O) groups is 1. The third kappa shape index (κ3) is 6.05. The summed E-state index contributed by atoms with van der Waals surface area (Å²) in [5.74, 6) is -0.0645. The molecule has 2 N–H and O–H groups in total. The summed E-state index contributed by atoms with van der Waals surface area (Å²) in [6.07, 6.45) is 15.0. The smallest absolute Gasteiger partial charge is 0.178 e. The van der Waals surface area contributed by atoms with E-state index in [1.165, 1.54) is 0 Å². The number of rotatable bonds is 5. The number of hydrogen-bond acceptors (Lipinski definition) is 4.